The maximum Gasteiger partial charge on any atom is 0.303 e. The number of rotatable bonds is 7. The van der Waals surface area contributed by atoms with Crippen LogP contribution in [0, 0.1) is 11.8 Å². The molecule has 0 aromatic carbocycles. The number of aliphatic hydroxyl groups is 1. The summed E-state index contributed by atoms with van der Waals surface area (Å²) >= 11 is 0. The smallest absolute Gasteiger partial charge is 0.303 e. The molecule has 24 heavy (non-hydrogen) atoms. The second kappa shape index (κ2) is 10.0. The van der Waals surface area contributed by atoms with Crippen molar-refractivity contribution in [1.29, 1.82) is 0 Å². The van der Waals surface area contributed by atoms with Crippen LogP contribution in [0.1, 0.15) is 40.0 Å². The molecule has 0 aromatic heterocycles. The Morgan fingerprint density at radius 1 is 1.25 bits per heavy atom. The zero-order valence-electron chi connectivity index (χ0n) is 14.4. The predicted octanol–water partition coefficient (Wildman–Crippen LogP) is 1.96. The highest BCUT2D eigenvalue weighted by Gasteiger charge is 2.44. The van der Waals surface area contributed by atoms with Crippen molar-refractivity contribution in [2.45, 2.75) is 52.2 Å². The summed E-state index contributed by atoms with van der Waals surface area (Å²) in [6.45, 7) is 4.44. The number of ether oxygens (including phenoxy) is 2. The Bertz CT molecular complexity index is 508. The number of carbonyl (C=O) groups is 3. The predicted molar refractivity (Wildman–Crippen MR) is 88.0 cm³/mol. The normalized spacial score (nSPS) is 27.6. The number of aliphatic hydroxyl groups excluding tert-OH is 1. The van der Waals surface area contributed by atoms with Crippen LogP contribution in [-0.4, -0.2) is 41.6 Å². The first-order valence-electron chi connectivity index (χ1n) is 8.22. The van der Waals surface area contributed by atoms with E-state index in [0.717, 1.165) is 12.8 Å². The summed E-state index contributed by atoms with van der Waals surface area (Å²) < 4.78 is 9.92. The van der Waals surface area contributed by atoms with Gasteiger partial charge in [0.25, 0.3) is 0 Å². The third-order valence-corrected chi connectivity index (χ3v) is 3.85. The Morgan fingerprint density at radius 3 is 2.54 bits per heavy atom. The van der Waals surface area contributed by atoms with Gasteiger partial charge in [0.15, 0.2) is 11.9 Å². The molecule has 1 rings (SSSR count). The second-order valence-corrected chi connectivity index (χ2v) is 5.91. The van der Waals surface area contributed by atoms with E-state index in [-0.39, 0.29) is 18.9 Å². The van der Waals surface area contributed by atoms with Gasteiger partial charge in [-0.2, -0.15) is 0 Å². The zero-order chi connectivity index (χ0) is 18.1. The maximum absolute atomic E-state index is 12.5. The van der Waals surface area contributed by atoms with Crippen LogP contribution in [0.15, 0.2) is 24.3 Å². The molecule has 0 bridgehead atoms. The van der Waals surface area contributed by atoms with Crippen LogP contribution in [0.2, 0.25) is 0 Å². The van der Waals surface area contributed by atoms with Gasteiger partial charge in [0, 0.05) is 13.8 Å². The van der Waals surface area contributed by atoms with Crippen LogP contribution in [0.25, 0.3) is 0 Å². The molecule has 1 saturated carbocycles. The summed E-state index contributed by atoms with van der Waals surface area (Å²) in [6, 6.07) is 0. The molecule has 1 aliphatic carbocycles. The molecule has 0 saturated heterocycles. The number of allylic oxidation sites excluding steroid dienone is 4. The van der Waals surface area contributed by atoms with Crippen LogP contribution in [0.4, 0.5) is 0 Å². The van der Waals surface area contributed by atoms with Gasteiger partial charge in [0.2, 0.25) is 0 Å². The lowest BCUT2D eigenvalue weighted by Gasteiger charge is -2.35. The standard InChI is InChI=1S/C18H26O6/c1-4-5-6-7-8-9-14-10-16(21)18(24-13(3)20)17(22)15(14)11-23-12(2)19/h6-9,14-16,18,21H,4-5,10-11H2,1-3H3. The van der Waals surface area contributed by atoms with Crippen molar-refractivity contribution in [2.24, 2.45) is 11.8 Å². The molecule has 0 aliphatic heterocycles. The van der Waals surface area contributed by atoms with Crippen molar-refractivity contribution in [3.8, 4) is 0 Å². The van der Waals surface area contributed by atoms with E-state index in [0.29, 0.717) is 0 Å². The third kappa shape index (κ3) is 6.28. The number of ketones is 1. The molecule has 6 nitrogen and oxygen atoms in total. The van der Waals surface area contributed by atoms with Crippen LogP contribution < -0.4 is 0 Å². The molecular formula is C18H26O6. The summed E-state index contributed by atoms with van der Waals surface area (Å²) in [5.41, 5.74) is 0. The Morgan fingerprint density at radius 2 is 1.96 bits per heavy atom. The fourth-order valence-corrected chi connectivity index (χ4v) is 2.67. The summed E-state index contributed by atoms with van der Waals surface area (Å²) in [5, 5.41) is 10.1. The van der Waals surface area contributed by atoms with E-state index in [4.69, 9.17) is 9.47 Å². The Kier molecular flexibility index (Phi) is 8.40. The number of Topliss-reactive ketones (excluding diaryl/α,β-unsaturated/α-hetero) is 1. The Balaban J connectivity index is 2.88. The van der Waals surface area contributed by atoms with Crippen molar-refractivity contribution in [1.82, 2.24) is 0 Å². The largest absolute Gasteiger partial charge is 0.465 e. The van der Waals surface area contributed by atoms with E-state index >= 15 is 0 Å². The van der Waals surface area contributed by atoms with Gasteiger partial charge in [-0.25, -0.2) is 0 Å². The second-order valence-electron chi connectivity index (χ2n) is 5.91. The van der Waals surface area contributed by atoms with E-state index in [1.165, 1.54) is 13.8 Å². The van der Waals surface area contributed by atoms with Crippen molar-refractivity contribution < 1.29 is 29.0 Å². The van der Waals surface area contributed by atoms with Crippen LogP contribution in [-0.2, 0) is 23.9 Å². The van der Waals surface area contributed by atoms with Gasteiger partial charge in [-0.3, -0.25) is 14.4 Å². The Hall–Kier alpha value is -1.95. The summed E-state index contributed by atoms with van der Waals surface area (Å²) in [4.78, 5) is 34.7. The quantitative estimate of drug-likeness (QED) is 0.564. The average Bonchev–Trinajstić information content (AvgIpc) is 2.50. The number of unbranched alkanes of at least 4 members (excludes halogenated alkanes) is 1. The molecule has 134 valence electrons. The van der Waals surface area contributed by atoms with Gasteiger partial charge >= 0.3 is 11.9 Å². The molecule has 1 N–H and O–H groups in total. The van der Waals surface area contributed by atoms with Gasteiger partial charge in [-0.1, -0.05) is 37.6 Å². The first-order chi connectivity index (χ1) is 11.4. The minimum atomic E-state index is -1.21. The van der Waals surface area contributed by atoms with E-state index in [2.05, 4.69) is 6.92 Å². The lowest BCUT2D eigenvalue weighted by atomic mass is 9.75. The lowest BCUT2D eigenvalue weighted by molar-refractivity contribution is -0.169. The highest BCUT2D eigenvalue weighted by atomic mass is 16.6. The molecule has 0 spiro atoms. The monoisotopic (exact) mass is 338 g/mol. The molecule has 4 unspecified atom stereocenters. The van der Waals surface area contributed by atoms with Gasteiger partial charge in [-0.15, -0.1) is 0 Å². The number of hydrogen-bond donors (Lipinski definition) is 1. The maximum atomic E-state index is 12.5. The highest BCUT2D eigenvalue weighted by molar-refractivity contribution is 5.89. The molecule has 0 amide bonds. The van der Waals surface area contributed by atoms with Crippen LogP contribution in [0.3, 0.4) is 0 Å². The van der Waals surface area contributed by atoms with Crippen molar-refractivity contribution in [2.75, 3.05) is 6.61 Å². The molecule has 6 heteroatoms. The fraction of sp³-hybridized carbons (Fsp3) is 0.611. The molecule has 1 aliphatic rings. The SMILES string of the molecule is CCCC=CC=CC1CC(O)C(OC(C)=O)C(=O)C1COC(C)=O. The molecule has 0 heterocycles. The summed E-state index contributed by atoms with van der Waals surface area (Å²) in [7, 11) is 0. The molecular weight excluding hydrogens is 312 g/mol. The van der Waals surface area contributed by atoms with E-state index in [1.54, 1.807) is 0 Å². The van der Waals surface area contributed by atoms with Crippen LogP contribution in [0.5, 0.6) is 0 Å². The highest BCUT2D eigenvalue weighted by Crippen LogP contribution is 2.31. The first kappa shape index (κ1) is 20.1. The van der Waals surface area contributed by atoms with Crippen LogP contribution >= 0.6 is 0 Å². The number of carbonyl (C=O) groups excluding carboxylic acids is 3. The topological polar surface area (TPSA) is 89.9 Å². The summed E-state index contributed by atoms with van der Waals surface area (Å²) in [6.07, 6.45) is 7.55. The third-order valence-electron chi connectivity index (χ3n) is 3.85. The van der Waals surface area contributed by atoms with Gasteiger partial charge in [-0.05, 0) is 18.8 Å². The van der Waals surface area contributed by atoms with E-state index in [1.807, 2.05) is 24.3 Å². The minimum absolute atomic E-state index is 0.0909. The van der Waals surface area contributed by atoms with Gasteiger partial charge < -0.3 is 14.6 Å². The zero-order valence-corrected chi connectivity index (χ0v) is 14.4. The first-order valence-corrected chi connectivity index (χ1v) is 8.22. The fourth-order valence-electron chi connectivity index (χ4n) is 2.67. The molecule has 1 fully saturated rings. The van der Waals surface area contributed by atoms with Crippen molar-refractivity contribution in [3.05, 3.63) is 24.3 Å². The van der Waals surface area contributed by atoms with E-state index < -0.39 is 35.8 Å². The average molecular weight is 338 g/mol. The minimum Gasteiger partial charge on any atom is -0.465 e. The van der Waals surface area contributed by atoms with E-state index in [9.17, 15) is 19.5 Å². The van der Waals surface area contributed by atoms with Crippen molar-refractivity contribution in [3.63, 3.8) is 0 Å². The molecule has 0 radical (unpaired) electrons. The van der Waals surface area contributed by atoms with Gasteiger partial charge in [0.1, 0.15) is 6.61 Å². The van der Waals surface area contributed by atoms with Gasteiger partial charge in [0.05, 0.1) is 12.0 Å². The number of esters is 2. The number of hydrogen-bond acceptors (Lipinski definition) is 6. The molecule has 4 atom stereocenters. The van der Waals surface area contributed by atoms with Crippen molar-refractivity contribution >= 4 is 17.7 Å². The Labute approximate surface area is 142 Å². The lowest BCUT2D eigenvalue weighted by Crippen LogP contribution is -2.50. The summed E-state index contributed by atoms with van der Waals surface area (Å²) in [5.74, 6) is -2.46. The molecule has 0 aromatic rings.